The Balaban J connectivity index is 1.46. The number of amides is 2. The first kappa shape index (κ1) is 23.9. The summed E-state index contributed by atoms with van der Waals surface area (Å²) in [5.74, 6) is 0.381. The van der Waals surface area contributed by atoms with Crippen molar-refractivity contribution in [1.29, 1.82) is 0 Å². The standard InChI is InChI=1S/C27H24ClNO4S/c1-17-7-8-18(2)24(13-17)33-12-11-29-26(31)25(34-27(29)32)16-21-15-19(9-10-23(21)30)14-20-5-3-4-6-22(20)28/h3-10,13,15-16,30H,11-12,14H2,1-2H3/b25-16-. The van der Waals surface area contributed by atoms with Crippen LogP contribution in [-0.2, 0) is 11.2 Å². The molecule has 3 aromatic carbocycles. The molecular formula is C27H24ClNO4S. The number of halogens is 1. The van der Waals surface area contributed by atoms with Crippen molar-refractivity contribution in [1.82, 2.24) is 4.90 Å². The van der Waals surface area contributed by atoms with Gasteiger partial charge in [-0.15, -0.1) is 0 Å². The summed E-state index contributed by atoms with van der Waals surface area (Å²) in [6, 6.07) is 18.7. The van der Waals surface area contributed by atoms with E-state index in [1.54, 1.807) is 18.2 Å². The molecule has 1 aliphatic heterocycles. The average Bonchev–Trinajstić information content (AvgIpc) is 3.07. The summed E-state index contributed by atoms with van der Waals surface area (Å²) in [4.78, 5) is 26.8. The van der Waals surface area contributed by atoms with E-state index in [1.807, 2.05) is 62.4 Å². The number of benzene rings is 3. The van der Waals surface area contributed by atoms with Crippen LogP contribution >= 0.6 is 23.4 Å². The van der Waals surface area contributed by atoms with Gasteiger partial charge in [-0.25, -0.2) is 0 Å². The van der Waals surface area contributed by atoms with Crippen molar-refractivity contribution in [2.75, 3.05) is 13.2 Å². The predicted molar refractivity (Wildman–Crippen MR) is 136 cm³/mol. The SMILES string of the molecule is Cc1ccc(C)c(OCCN2C(=O)S/C(=C\c3cc(Cc4ccccc4Cl)ccc3O)C2=O)c1. The Bertz CT molecular complexity index is 1290. The highest BCUT2D eigenvalue weighted by Gasteiger charge is 2.35. The molecule has 0 unspecified atom stereocenters. The lowest BCUT2D eigenvalue weighted by Gasteiger charge is -2.14. The van der Waals surface area contributed by atoms with Crippen molar-refractivity contribution < 1.29 is 19.4 Å². The Kier molecular flexibility index (Phi) is 7.29. The summed E-state index contributed by atoms with van der Waals surface area (Å²) in [7, 11) is 0. The zero-order chi connectivity index (χ0) is 24.2. The van der Waals surface area contributed by atoms with Gasteiger partial charge < -0.3 is 9.84 Å². The third-order valence-electron chi connectivity index (χ3n) is 5.52. The number of nitrogens with zero attached hydrogens (tertiary/aromatic N) is 1. The third kappa shape index (κ3) is 5.46. The van der Waals surface area contributed by atoms with Crippen molar-refractivity contribution in [3.05, 3.63) is 98.4 Å². The number of aryl methyl sites for hydroxylation is 2. The molecule has 0 aromatic heterocycles. The number of hydrogen-bond acceptors (Lipinski definition) is 5. The first-order valence-electron chi connectivity index (χ1n) is 10.8. The monoisotopic (exact) mass is 493 g/mol. The maximum absolute atomic E-state index is 12.9. The lowest BCUT2D eigenvalue weighted by Crippen LogP contribution is -2.32. The minimum absolute atomic E-state index is 0.0352. The highest BCUT2D eigenvalue weighted by atomic mass is 35.5. The molecule has 1 saturated heterocycles. The minimum Gasteiger partial charge on any atom is -0.507 e. The Labute approximate surface area is 208 Å². The van der Waals surface area contributed by atoms with Crippen molar-refractivity contribution in [2.45, 2.75) is 20.3 Å². The highest BCUT2D eigenvalue weighted by molar-refractivity contribution is 8.18. The molecule has 1 fully saturated rings. The van der Waals surface area contributed by atoms with E-state index >= 15 is 0 Å². The summed E-state index contributed by atoms with van der Waals surface area (Å²) >= 11 is 7.13. The van der Waals surface area contributed by atoms with E-state index in [4.69, 9.17) is 16.3 Å². The predicted octanol–water partition coefficient (Wildman–Crippen LogP) is 6.37. The first-order chi connectivity index (χ1) is 16.3. The van der Waals surface area contributed by atoms with Gasteiger partial charge >= 0.3 is 0 Å². The number of ether oxygens (including phenoxy) is 1. The van der Waals surface area contributed by atoms with Crippen LogP contribution in [0.1, 0.15) is 27.8 Å². The molecule has 0 atom stereocenters. The summed E-state index contributed by atoms with van der Waals surface area (Å²) in [5, 5.41) is 10.7. The zero-order valence-electron chi connectivity index (χ0n) is 18.9. The minimum atomic E-state index is -0.393. The quantitative estimate of drug-likeness (QED) is 0.387. The van der Waals surface area contributed by atoms with E-state index in [1.165, 1.54) is 4.90 Å². The molecular weight excluding hydrogens is 470 g/mol. The van der Waals surface area contributed by atoms with E-state index in [9.17, 15) is 14.7 Å². The molecule has 1 aliphatic rings. The summed E-state index contributed by atoms with van der Waals surface area (Å²) in [6.07, 6.45) is 2.14. The van der Waals surface area contributed by atoms with E-state index < -0.39 is 5.91 Å². The van der Waals surface area contributed by atoms with Gasteiger partial charge in [0.25, 0.3) is 11.1 Å². The lowest BCUT2D eigenvalue weighted by atomic mass is 10.0. The number of carbonyl (C=O) groups excluding carboxylic acids is 2. The fourth-order valence-corrected chi connectivity index (χ4v) is 4.69. The van der Waals surface area contributed by atoms with Crippen LogP contribution in [0.2, 0.25) is 5.02 Å². The topological polar surface area (TPSA) is 66.8 Å². The van der Waals surface area contributed by atoms with Gasteiger partial charge in [-0.1, -0.05) is 48.0 Å². The molecule has 3 aromatic rings. The second-order valence-corrected chi connectivity index (χ2v) is 9.51. The summed E-state index contributed by atoms with van der Waals surface area (Å²) < 4.78 is 5.81. The lowest BCUT2D eigenvalue weighted by molar-refractivity contribution is -0.123. The van der Waals surface area contributed by atoms with E-state index in [-0.39, 0.29) is 29.0 Å². The van der Waals surface area contributed by atoms with Crippen molar-refractivity contribution in [3.8, 4) is 11.5 Å². The number of hydrogen-bond donors (Lipinski definition) is 1. The van der Waals surface area contributed by atoms with E-state index in [2.05, 4.69) is 0 Å². The maximum Gasteiger partial charge on any atom is 0.293 e. The number of aromatic hydroxyl groups is 1. The Morgan fingerprint density at radius 2 is 1.85 bits per heavy atom. The zero-order valence-corrected chi connectivity index (χ0v) is 20.4. The fourth-order valence-electron chi connectivity index (χ4n) is 3.63. The van der Waals surface area contributed by atoms with Crippen molar-refractivity contribution >= 4 is 40.6 Å². The van der Waals surface area contributed by atoms with E-state index in [0.717, 1.165) is 39.8 Å². The van der Waals surface area contributed by atoms with Crippen molar-refractivity contribution in [2.24, 2.45) is 0 Å². The number of rotatable bonds is 7. The van der Waals surface area contributed by atoms with Gasteiger partial charge in [-0.3, -0.25) is 14.5 Å². The van der Waals surface area contributed by atoms with Crippen LogP contribution in [0.3, 0.4) is 0 Å². The maximum atomic E-state index is 12.9. The van der Waals surface area contributed by atoms with Crippen LogP contribution in [0.25, 0.3) is 6.08 Å². The molecule has 0 aliphatic carbocycles. The summed E-state index contributed by atoms with van der Waals surface area (Å²) in [5.41, 5.74) is 4.43. The smallest absolute Gasteiger partial charge is 0.293 e. The van der Waals surface area contributed by atoms with Gasteiger partial charge in [0, 0.05) is 10.6 Å². The Hall–Kier alpha value is -3.22. The number of thioether (sulfide) groups is 1. The molecule has 0 spiro atoms. The molecule has 0 radical (unpaired) electrons. The van der Waals surface area contributed by atoms with Gasteiger partial charge in [0.05, 0.1) is 11.4 Å². The third-order valence-corrected chi connectivity index (χ3v) is 6.80. The Morgan fingerprint density at radius 3 is 2.65 bits per heavy atom. The fraction of sp³-hybridized carbons (Fsp3) is 0.185. The van der Waals surface area contributed by atoms with Crippen molar-refractivity contribution in [3.63, 3.8) is 0 Å². The van der Waals surface area contributed by atoms with Gasteiger partial charge in [-0.05, 0) is 84.6 Å². The molecule has 0 saturated carbocycles. The van der Waals surface area contributed by atoms with Crippen LogP contribution in [0, 0.1) is 13.8 Å². The molecule has 5 nitrogen and oxygen atoms in total. The second kappa shape index (κ2) is 10.4. The first-order valence-corrected chi connectivity index (χ1v) is 12.0. The van der Waals surface area contributed by atoms with Gasteiger partial charge in [-0.2, -0.15) is 0 Å². The van der Waals surface area contributed by atoms with Crippen LogP contribution in [0.5, 0.6) is 11.5 Å². The second-order valence-electron chi connectivity index (χ2n) is 8.11. The van der Waals surface area contributed by atoms with Gasteiger partial charge in [0.2, 0.25) is 0 Å². The number of imide groups is 1. The Morgan fingerprint density at radius 1 is 1.06 bits per heavy atom. The van der Waals surface area contributed by atoms with Crippen LogP contribution in [0.4, 0.5) is 4.79 Å². The number of phenols is 1. The average molecular weight is 494 g/mol. The summed E-state index contributed by atoms with van der Waals surface area (Å²) in [6.45, 7) is 4.28. The molecule has 7 heteroatoms. The highest BCUT2D eigenvalue weighted by Crippen LogP contribution is 2.34. The largest absolute Gasteiger partial charge is 0.507 e. The number of carbonyl (C=O) groups is 2. The molecule has 1 heterocycles. The molecule has 4 rings (SSSR count). The normalized spacial score (nSPS) is 14.8. The van der Waals surface area contributed by atoms with E-state index in [0.29, 0.717) is 17.0 Å². The van der Waals surface area contributed by atoms with Crippen LogP contribution in [-0.4, -0.2) is 34.3 Å². The molecule has 2 amide bonds. The van der Waals surface area contributed by atoms with Gasteiger partial charge in [0.15, 0.2) is 0 Å². The van der Waals surface area contributed by atoms with Crippen LogP contribution in [0.15, 0.2) is 65.6 Å². The molecule has 174 valence electrons. The molecule has 1 N–H and O–H groups in total. The number of phenolic OH excluding ortho intramolecular Hbond substituents is 1. The molecule has 0 bridgehead atoms. The van der Waals surface area contributed by atoms with Gasteiger partial charge in [0.1, 0.15) is 18.1 Å². The van der Waals surface area contributed by atoms with Crippen LogP contribution < -0.4 is 4.74 Å². The molecule has 34 heavy (non-hydrogen) atoms.